The number of aryl methyl sites for hydroxylation is 2. The summed E-state index contributed by atoms with van der Waals surface area (Å²) >= 11 is 0. The van der Waals surface area contributed by atoms with Crippen molar-refractivity contribution in [2.45, 2.75) is 40.2 Å². The first-order valence-electron chi connectivity index (χ1n) is 10.9. The van der Waals surface area contributed by atoms with Gasteiger partial charge in [0.15, 0.2) is 5.78 Å². The molecule has 2 aromatic carbocycles. The minimum absolute atomic E-state index is 0.1000. The molecule has 0 spiro atoms. The first kappa shape index (κ1) is 23.6. The lowest BCUT2D eigenvalue weighted by Crippen LogP contribution is -2.06. The van der Waals surface area contributed by atoms with Crippen molar-refractivity contribution >= 4 is 16.6 Å². The van der Waals surface area contributed by atoms with Crippen LogP contribution in [0, 0.1) is 13.8 Å². The monoisotopic (exact) mass is 433 g/mol. The van der Waals surface area contributed by atoms with Gasteiger partial charge < -0.3 is 14.6 Å². The predicted octanol–water partition coefficient (Wildman–Crippen LogP) is 5.86. The summed E-state index contributed by atoms with van der Waals surface area (Å²) in [6.07, 6.45) is 4.20. The van der Waals surface area contributed by atoms with Gasteiger partial charge in [0.05, 0.1) is 31.3 Å². The molecule has 0 radical (unpaired) electrons. The van der Waals surface area contributed by atoms with Crippen molar-refractivity contribution in [2.75, 3.05) is 19.8 Å². The van der Waals surface area contributed by atoms with Crippen LogP contribution in [0.15, 0.2) is 60.5 Å². The Morgan fingerprint density at radius 2 is 1.75 bits per heavy atom. The molecule has 0 aliphatic rings. The number of rotatable bonds is 11. The number of carbonyl (C=O) groups is 1. The first-order valence-corrected chi connectivity index (χ1v) is 10.9. The third-order valence-electron chi connectivity index (χ3n) is 5.11. The van der Waals surface area contributed by atoms with E-state index in [0.717, 1.165) is 27.6 Å². The molecule has 0 unspecified atom stereocenters. The molecule has 5 nitrogen and oxygen atoms in total. The highest BCUT2D eigenvalue weighted by Gasteiger charge is 2.09. The smallest absolute Gasteiger partial charge is 0.155 e. The lowest BCUT2D eigenvalue weighted by Gasteiger charge is -2.12. The zero-order valence-corrected chi connectivity index (χ0v) is 19.1. The Morgan fingerprint density at radius 1 is 1.00 bits per heavy atom. The van der Waals surface area contributed by atoms with Crippen molar-refractivity contribution in [1.29, 1.82) is 0 Å². The molecular weight excluding hydrogens is 402 g/mol. The Kier molecular flexibility index (Phi) is 8.54. The maximum absolute atomic E-state index is 10.9. The molecule has 3 rings (SSSR count). The maximum atomic E-state index is 10.9. The van der Waals surface area contributed by atoms with Gasteiger partial charge in [0.1, 0.15) is 0 Å². The van der Waals surface area contributed by atoms with E-state index >= 15 is 0 Å². The number of aromatic nitrogens is 1. The molecule has 0 bridgehead atoms. The van der Waals surface area contributed by atoms with Gasteiger partial charge in [-0.05, 0) is 56.3 Å². The van der Waals surface area contributed by atoms with E-state index in [0.29, 0.717) is 39.3 Å². The van der Waals surface area contributed by atoms with Gasteiger partial charge >= 0.3 is 0 Å². The Bertz CT molecular complexity index is 1080. The Hall–Kier alpha value is -3.02. The van der Waals surface area contributed by atoms with E-state index in [1.54, 1.807) is 0 Å². The topological polar surface area (TPSA) is 68.7 Å². The van der Waals surface area contributed by atoms with Gasteiger partial charge in [0.2, 0.25) is 0 Å². The number of fused-ring (bicyclic) bond motifs is 1. The van der Waals surface area contributed by atoms with Gasteiger partial charge in [-0.15, -0.1) is 0 Å². The summed E-state index contributed by atoms with van der Waals surface area (Å²) in [4.78, 5) is 15.6. The fraction of sp³-hybridized carbons (Fsp3) is 0.333. The second kappa shape index (κ2) is 11.6. The molecule has 1 N–H and O–H groups in total. The fourth-order valence-corrected chi connectivity index (χ4v) is 3.80. The van der Waals surface area contributed by atoms with E-state index in [9.17, 15) is 9.90 Å². The summed E-state index contributed by atoms with van der Waals surface area (Å²) in [5.74, 6) is -0.0508. The number of pyridine rings is 1. The van der Waals surface area contributed by atoms with Crippen molar-refractivity contribution in [3.05, 3.63) is 77.2 Å². The molecule has 1 heterocycles. The third kappa shape index (κ3) is 6.74. The van der Waals surface area contributed by atoms with Gasteiger partial charge in [-0.1, -0.05) is 35.4 Å². The molecule has 0 aliphatic carbocycles. The molecule has 1 aromatic heterocycles. The second-order valence-electron chi connectivity index (χ2n) is 8.06. The van der Waals surface area contributed by atoms with Crippen LogP contribution in [0.2, 0.25) is 0 Å². The first-order chi connectivity index (χ1) is 15.4. The Morgan fingerprint density at radius 3 is 2.50 bits per heavy atom. The molecule has 0 aliphatic heterocycles. The molecular formula is C27H31NO4. The summed E-state index contributed by atoms with van der Waals surface area (Å²) in [5.41, 5.74) is 5.69. The summed E-state index contributed by atoms with van der Waals surface area (Å²) in [6.45, 7) is 7.61. The van der Waals surface area contributed by atoms with E-state index in [1.165, 1.54) is 24.1 Å². The Balaban J connectivity index is 1.54. The maximum Gasteiger partial charge on any atom is 0.155 e. The van der Waals surface area contributed by atoms with Gasteiger partial charge in [-0.3, -0.25) is 9.78 Å². The standard InChI is InChI=1S/C27H31NO4/c1-19-14-20(2)16-23(15-19)27-26-8-4-6-22(25(26)9-10-28-27)18-32-13-12-31-11-5-7-24(30)17-21(3)29/h4,6,8-10,14-17,30H,5,7,11-13,18H2,1-3H3. The molecule has 0 saturated carbocycles. The van der Waals surface area contributed by atoms with Crippen LogP contribution in [0.1, 0.15) is 36.5 Å². The number of benzene rings is 2. The number of allylic oxidation sites excluding steroid dienone is 2. The van der Waals surface area contributed by atoms with Crippen LogP contribution in [0.3, 0.4) is 0 Å². The summed E-state index contributed by atoms with van der Waals surface area (Å²) < 4.78 is 11.4. The van der Waals surface area contributed by atoms with E-state index in [-0.39, 0.29) is 11.5 Å². The summed E-state index contributed by atoms with van der Waals surface area (Å²) in [5, 5.41) is 11.8. The Labute approximate surface area is 189 Å². The molecule has 0 fully saturated rings. The number of hydrogen-bond acceptors (Lipinski definition) is 5. The van der Waals surface area contributed by atoms with Gasteiger partial charge in [0, 0.05) is 36.3 Å². The minimum Gasteiger partial charge on any atom is -0.512 e. The number of ketones is 1. The highest BCUT2D eigenvalue weighted by molar-refractivity contribution is 5.96. The number of ether oxygens (including phenoxy) is 2. The number of aliphatic hydroxyl groups excluding tert-OH is 1. The molecule has 32 heavy (non-hydrogen) atoms. The molecule has 3 aromatic rings. The van der Waals surface area contributed by atoms with Gasteiger partial charge in [-0.2, -0.15) is 0 Å². The molecule has 0 saturated heterocycles. The van der Waals surface area contributed by atoms with Crippen LogP contribution in [-0.4, -0.2) is 35.7 Å². The normalized spacial score (nSPS) is 11.8. The lowest BCUT2D eigenvalue weighted by atomic mass is 9.98. The quantitative estimate of drug-likeness (QED) is 0.233. The van der Waals surface area contributed by atoms with E-state index in [2.05, 4.69) is 49.2 Å². The fourth-order valence-electron chi connectivity index (χ4n) is 3.80. The number of carbonyl (C=O) groups excluding carboxylic acids is 1. The van der Waals surface area contributed by atoms with E-state index < -0.39 is 0 Å². The van der Waals surface area contributed by atoms with Crippen molar-refractivity contribution in [3.63, 3.8) is 0 Å². The largest absolute Gasteiger partial charge is 0.512 e. The molecule has 0 amide bonds. The molecule has 0 atom stereocenters. The minimum atomic E-state index is -0.151. The van der Waals surface area contributed by atoms with Gasteiger partial charge in [0.25, 0.3) is 0 Å². The average molecular weight is 434 g/mol. The van der Waals surface area contributed by atoms with Crippen LogP contribution in [-0.2, 0) is 20.9 Å². The zero-order chi connectivity index (χ0) is 22.9. The van der Waals surface area contributed by atoms with Crippen molar-refractivity contribution in [2.24, 2.45) is 0 Å². The second-order valence-corrected chi connectivity index (χ2v) is 8.06. The van der Waals surface area contributed by atoms with Crippen LogP contribution in [0.25, 0.3) is 22.0 Å². The molecule has 5 heteroatoms. The SMILES string of the molecule is CC(=O)C=C(O)CCCOCCOCc1cccc2c(-c3cc(C)cc(C)c3)nccc12. The lowest BCUT2D eigenvalue weighted by molar-refractivity contribution is -0.112. The molecule has 168 valence electrons. The number of hydrogen-bond donors (Lipinski definition) is 1. The van der Waals surface area contributed by atoms with Gasteiger partial charge in [-0.25, -0.2) is 0 Å². The van der Waals surface area contributed by atoms with Crippen molar-refractivity contribution < 1.29 is 19.4 Å². The summed E-state index contributed by atoms with van der Waals surface area (Å²) in [6, 6.07) is 14.8. The number of nitrogens with zero attached hydrogens (tertiary/aromatic N) is 1. The van der Waals surface area contributed by atoms with Crippen LogP contribution >= 0.6 is 0 Å². The summed E-state index contributed by atoms with van der Waals surface area (Å²) in [7, 11) is 0. The highest BCUT2D eigenvalue weighted by Crippen LogP contribution is 2.30. The zero-order valence-electron chi connectivity index (χ0n) is 19.1. The van der Waals surface area contributed by atoms with Crippen LogP contribution < -0.4 is 0 Å². The highest BCUT2D eigenvalue weighted by atomic mass is 16.5. The average Bonchev–Trinajstić information content (AvgIpc) is 2.74. The number of aliphatic hydroxyl groups is 1. The van der Waals surface area contributed by atoms with Crippen molar-refractivity contribution in [1.82, 2.24) is 4.98 Å². The van der Waals surface area contributed by atoms with Crippen LogP contribution in [0.4, 0.5) is 0 Å². The predicted molar refractivity (Wildman–Crippen MR) is 128 cm³/mol. The third-order valence-corrected chi connectivity index (χ3v) is 5.11. The van der Waals surface area contributed by atoms with E-state index in [1.807, 2.05) is 18.3 Å². The van der Waals surface area contributed by atoms with Crippen molar-refractivity contribution in [3.8, 4) is 11.3 Å². The van der Waals surface area contributed by atoms with E-state index in [4.69, 9.17) is 9.47 Å². The van der Waals surface area contributed by atoms with Crippen LogP contribution in [0.5, 0.6) is 0 Å².